The van der Waals surface area contributed by atoms with Crippen molar-refractivity contribution in [3.05, 3.63) is 74.1 Å². The molecule has 0 unspecified atom stereocenters. The van der Waals surface area contributed by atoms with Gasteiger partial charge in [0, 0.05) is 29.2 Å². The zero-order chi connectivity index (χ0) is 19.6. The van der Waals surface area contributed by atoms with Crippen LogP contribution in [0.1, 0.15) is 21.5 Å². The topological polar surface area (TPSA) is 66.5 Å². The monoisotopic (exact) mass is 420 g/mol. The minimum atomic E-state index is -0.412. The lowest BCUT2D eigenvalue weighted by Gasteiger charge is -2.18. The highest BCUT2D eigenvalue weighted by atomic mass is 35.5. The van der Waals surface area contributed by atoms with Crippen molar-refractivity contribution in [1.82, 2.24) is 10.2 Å². The maximum atomic E-state index is 12.6. The third-order valence-corrected chi connectivity index (χ3v) is 5.26. The first kappa shape index (κ1) is 19.5. The van der Waals surface area contributed by atoms with Crippen LogP contribution in [0.4, 0.5) is 4.79 Å². The molecule has 1 heterocycles. The van der Waals surface area contributed by atoms with E-state index < -0.39 is 5.91 Å². The van der Waals surface area contributed by atoms with Gasteiger partial charge in [-0.3, -0.25) is 19.7 Å². The molecule has 1 N–H and O–H groups in total. The normalized spacial score (nSPS) is 15.1. The number of carbonyl (C=O) groups excluding carboxylic acids is 3. The summed E-state index contributed by atoms with van der Waals surface area (Å²) in [6, 6.07) is 11.9. The molecule has 0 saturated carbocycles. The van der Waals surface area contributed by atoms with Gasteiger partial charge in [0.05, 0.1) is 4.91 Å². The molecule has 0 aliphatic carbocycles. The molecule has 0 aromatic heterocycles. The zero-order valence-electron chi connectivity index (χ0n) is 14.2. The second kappa shape index (κ2) is 8.17. The van der Waals surface area contributed by atoms with Gasteiger partial charge in [0.15, 0.2) is 0 Å². The van der Waals surface area contributed by atoms with Gasteiger partial charge < -0.3 is 4.90 Å². The SMILES string of the molecule is CN(Cc1ccc(Cl)cc1Cl)C(=O)c1ccc(C=C2SC(=O)NC2=O)cc1. The molecule has 5 nitrogen and oxygen atoms in total. The number of hydrogen-bond acceptors (Lipinski definition) is 4. The van der Waals surface area contributed by atoms with Crippen LogP contribution in [0.25, 0.3) is 6.08 Å². The molecule has 1 saturated heterocycles. The Morgan fingerprint density at radius 1 is 1.15 bits per heavy atom. The van der Waals surface area contributed by atoms with Crippen molar-refractivity contribution in [2.45, 2.75) is 6.54 Å². The van der Waals surface area contributed by atoms with Gasteiger partial charge in [0.1, 0.15) is 0 Å². The van der Waals surface area contributed by atoms with Gasteiger partial charge in [-0.25, -0.2) is 0 Å². The molecule has 0 spiro atoms. The van der Waals surface area contributed by atoms with E-state index in [9.17, 15) is 14.4 Å². The van der Waals surface area contributed by atoms with Crippen LogP contribution in [-0.2, 0) is 11.3 Å². The van der Waals surface area contributed by atoms with Gasteiger partial charge in [0.2, 0.25) is 0 Å². The maximum absolute atomic E-state index is 12.6. The molecule has 138 valence electrons. The maximum Gasteiger partial charge on any atom is 0.290 e. The van der Waals surface area contributed by atoms with Gasteiger partial charge in [-0.2, -0.15) is 0 Å². The number of benzene rings is 2. The fourth-order valence-electron chi connectivity index (χ4n) is 2.49. The van der Waals surface area contributed by atoms with Crippen LogP contribution in [0.5, 0.6) is 0 Å². The minimum absolute atomic E-state index is 0.164. The van der Waals surface area contributed by atoms with Crippen LogP contribution >= 0.6 is 35.0 Å². The Balaban J connectivity index is 1.70. The highest BCUT2D eigenvalue weighted by Gasteiger charge is 2.24. The fraction of sp³-hybridized carbons (Fsp3) is 0.105. The molecule has 1 fully saturated rings. The largest absolute Gasteiger partial charge is 0.337 e. The Hall–Kier alpha value is -2.28. The van der Waals surface area contributed by atoms with E-state index in [0.717, 1.165) is 22.9 Å². The lowest BCUT2D eigenvalue weighted by Crippen LogP contribution is -2.26. The summed E-state index contributed by atoms with van der Waals surface area (Å²) in [5.41, 5.74) is 2.03. The van der Waals surface area contributed by atoms with Gasteiger partial charge in [-0.15, -0.1) is 0 Å². The van der Waals surface area contributed by atoms with Crippen LogP contribution in [0.15, 0.2) is 47.4 Å². The van der Waals surface area contributed by atoms with Crippen LogP contribution in [-0.4, -0.2) is 29.0 Å². The van der Waals surface area contributed by atoms with Gasteiger partial charge in [-0.1, -0.05) is 41.4 Å². The summed E-state index contributed by atoms with van der Waals surface area (Å²) in [5, 5.41) is 2.86. The number of rotatable bonds is 4. The summed E-state index contributed by atoms with van der Waals surface area (Å²) in [6.07, 6.45) is 1.61. The van der Waals surface area contributed by atoms with Gasteiger partial charge in [0.25, 0.3) is 17.1 Å². The van der Waals surface area contributed by atoms with E-state index in [0.29, 0.717) is 27.1 Å². The first-order valence-corrected chi connectivity index (χ1v) is 9.45. The van der Waals surface area contributed by atoms with E-state index in [2.05, 4.69) is 5.32 Å². The number of imide groups is 1. The smallest absolute Gasteiger partial charge is 0.290 e. The van der Waals surface area contributed by atoms with E-state index in [1.807, 2.05) is 0 Å². The Morgan fingerprint density at radius 3 is 2.44 bits per heavy atom. The Kier molecular flexibility index (Phi) is 5.89. The third-order valence-electron chi connectivity index (χ3n) is 3.87. The zero-order valence-corrected chi connectivity index (χ0v) is 16.5. The summed E-state index contributed by atoms with van der Waals surface area (Å²) >= 11 is 12.9. The van der Waals surface area contributed by atoms with Crippen LogP contribution in [0.3, 0.4) is 0 Å². The second-order valence-electron chi connectivity index (χ2n) is 5.87. The van der Waals surface area contributed by atoms with E-state index in [4.69, 9.17) is 23.2 Å². The van der Waals surface area contributed by atoms with Crippen molar-refractivity contribution in [2.75, 3.05) is 7.05 Å². The van der Waals surface area contributed by atoms with E-state index in [1.54, 1.807) is 60.5 Å². The quantitative estimate of drug-likeness (QED) is 0.734. The number of nitrogens with zero attached hydrogens (tertiary/aromatic N) is 1. The van der Waals surface area contributed by atoms with Crippen molar-refractivity contribution in [3.63, 3.8) is 0 Å². The average molecular weight is 421 g/mol. The predicted octanol–water partition coefficient (Wildman–Crippen LogP) is 4.59. The van der Waals surface area contributed by atoms with E-state index in [-0.39, 0.29) is 11.1 Å². The summed E-state index contributed by atoms with van der Waals surface area (Å²) in [6.45, 7) is 0.347. The van der Waals surface area contributed by atoms with Crippen LogP contribution in [0.2, 0.25) is 10.0 Å². The number of nitrogens with one attached hydrogen (secondary N) is 1. The first-order chi connectivity index (χ1) is 12.8. The molecule has 2 aromatic rings. The molecule has 0 bridgehead atoms. The molecular formula is C19H14Cl2N2O3S. The Bertz CT molecular complexity index is 958. The molecule has 0 radical (unpaired) electrons. The van der Waals surface area contributed by atoms with Gasteiger partial charge >= 0.3 is 0 Å². The van der Waals surface area contributed by atoms with Crippen LogP contribution in [0, 0.1) is 0 Å². The summed E-state index contributed by atoms with van der Waals surface area (Å²) < 4.78 is 0. The number of thioether (sulfide) groups is 1. The molecular weight excluding hydrogens is 407 g/mol. The number of amides is 3. The third kappa shape index (κ3) is 4.71. The predicted molar refractivity (Wildman–Crippen MR) is 108 cm³/mol. The van der Waals surface area contributed by atoms with Crippen molar-refractivity contribution in [2.24, 2.45) is 0 Å². The highest BCUT2D eigenvalue weighted by molar-refractivity contribution is 8.18. The molecule has 1 aliphatic heterocycles. The van der Waals surface area contributed by atoms with Crippen molar-refractivity contribution in [3.8, 4) is 0 Å². The lowest BCUT2D eigenvalue weighted by atomic mass is 10.1. The fourth-order valence-corrected chi connectivity index (χ4v) is 3.64. The number of hydrogen-bond donors (Lipinski definition) is 1. The minimum Gasteiger partial charge on any atom is -0.337 e. The molecule has 1 aliphatic rings. The standard InChI is InChI=1S/C19H14Cl2N2O3S/c1-23(10-13-6-7-14(20)9-15(13)21)18(25)12-4-2-11(3-5-12)8-16-17(24)22-19(26)27-16/h2-9H,10H2,1H3,(H,22,24,26). The molecule has 0 atom stereocenters. The van der Waals surface area contributed by atoms with Crippen molar-refractivity contribution in [1.29, 1.82) is 0 Å². The second-order valence-corrected chi connectivity index (χ2v) is 7.73. The summed E-state index contributed by atoms with van der Waals surface area (Å²) in [5.74, 6) is -0.576. The molecule has 3 rings (SSSR count). The Morgan fingerprint density at radius 2 is 1.85 bits per heavy atom. The highest BCUT2D eigenvalue weighted by Crippen LogP contribution is 2.26. The van der Waals surface area contributed by atoms with Crippen LogP contribution < -0.4 is 5.32 Å². The average Bonchev–Trinajstić information content (AvgIpc) is 2.94. The lowest BCUT2D eigenvalue weighted by molar-refractivity contribution is -0.115. The number of carbonyl (C=O) groups is 3. The molecule has 27 heavy (non-hydrogen) atoms. The van der Waals surface area contributed by atoms with E-state index in [1.165, 1.54) is 0 Å². The molecule has 8 heteroatoms. The van der Waals surface area contributed by atoms with Crippen molar-refractivity contribution >= 4 is 58.1 Å². The van der Waals surface area contributed by atoms with Crippen molar-refractivity contribution < 1.29 is 14.4 Å². The summed E-state index contributed by atoms with van der Waals surface area (Å²) in [4.78, 5) is 37.3. The Labute approximate surface area is 170 Å². The van der Waals surface area contributed by atoms with Gasteiger partial charge in [-0.05, 0) is 53.2 Å². The summed E-state index contributed by atoms with van der Waals surface area (Å²) in [7, 11) is 1.69. The molecule has 3 amide bonds. The van der Waals surface area contributed by atoms with E-state index >= 15 is 0 Å². The molecule has 2 aromatic carbocycles. The first-order valence-electron chi connectivity index (χ1n) is 7.88. The number of halogens is 2.